The topological polar surface area (TPSA) is 15.3 Å². The third-order valence-electron chi connectivity index (χ3n) is 4.50. The minimum Gasteiger partial charge on any atom is -0.315 e. The van der Waals surface area contributed by atoms with Crippen LogP contribution in [-0.2, 0) is 0 Å². The highest BCUT2D eigenvalue weighted by Gasteiger charge is 2.32. The third-order valence-corrected chi connectivity index (χ3v) is 4.50. The van der Waals surface area contributed by atoms with Gasteiger partial charge in [-0.1, -0.05) is 32.6 Å². The van der Waals surface area contributed by atoms with Crippen molar-refractivity contribution in [2.24, 2.45) is 5.92 Å². The molecule has 0 spiro atoms. The van der Waals surface area contributed by atoms with Crippen molar-refractivity contribution < 1.29 is 0 Å². The molecule has 0 aromatic carbocycles. The van der Waals surface area contributed by atoms with Crippen molar-refractivity contribution >= 4 is 0 Å². The van der Waals surface area contributed by atoms with E-state index < -0.39 is 0 Å². The van der Waals surface area contributed by atoms with Crippen molar-refractivity contribution in [3.63, 3.8) is 0 Å². The van der Waals surface area contributed by atoms with Crippen molar-refractivity contribution in [1.29, 1.82) is 0 Å². The van der Waals surface area contributed by atoms with E-state index in [9.17, 15) is 0 Å². The maximum absolute atomic E-state index is 3.55. The lowest BCUT2D eigenvalue weighted by atomic mass is 9.91. The standard InChI is InChI=1S/C13H26N2/c1-3-11-9-14-10-13(11)15(2)12-7-5-4-6-8-12/h11-14H,3-10H2,1-2H3. The molecule has 0 amide bonds. The van der Waals surface area contributed by atoms with E-state index in [0.29, 0.717) is 0 Å². The van der Waals surface area contributed by atoms with Gasteiger partial charge in [0.2, 0.25) is 0 Å². The summed E-state index contributed by atoms with van der Waals surface area (Å²) in [5.41, 5.74) is 0. The molecule has 2 nitrogen and oxygen atoms in total. The maximum Gasteiger partial charge on any atom is 0.0260 e. The molecule has 2 atom stereocenters. The average Bonchev–Trinajstić information content (AvgIpc) is 2.77. The SMILES string of the molecule is CCC1CNCC1N(C)C1CCCCC1. The Morgan fingerprint density at radius 3 is 2.53 bits per heavy atom. The van der Waals surface area contributed by atoms with Gasteiger partial charge >= 0.3 is 0 Å². The van der Waals surface area contributed by atoms with E-state index in [-0.39, 0.29) is 0 Å². The average molecular weight is 210 g/mol. The molecule has 88 valence electrons. The fourth-order valence-electron chi connectivity index (χ4n) is 3.37. The van der Waals surface area contributed by atoms with Crippen LogP contribution in [0.1, 0.15) is 45.4 Å². The molecule has 0 aromatic heterocycles. The van der Waals surface area contributed by atoms with Gasteiger partial charge in [-0.25, -0.2) is 0 Å². The predicted octanol–water partition coefficient (Wildman–Crippen LogP) is 2.25. The van der Waals surface area contributed by atoms with E-state index in [2.05, 4.69) is 24.2 Å². The minimum absolute atomic E-state index is 0.804. The zero-order valence-electron chi connectivity index (χ0n) is 10.3. The molecular formula is C13H26N2. The summed E-state index contributed by atoms with van der Waals surface area (Å²) < 4.78 is 0. The summed E-state index contributed by atoms with van der Waals surface area (Å²) in [7, 11) is 2.36. The number of likely N-dealkylation sites (N-methyl/N-ethyl adjacent to an activating group) is 1. The molecule has 1 saturated carbocycles. The van der Waals surface area contributed by atoms with E-state index >= 15 is 0 Å². The van der Waals surface area contributed by atoms with Gasteiger partial charge in [0.25, 0.3) is 0 Å². The molecule has 2 heteroatoms. The number of nitrogens with zero attached hydrogens (tertiary/aromatic N) is 1. The van der Waals surface area contributed by atoms with Crippen LogP contribution < -0.4 is 5.32 Å². The summed E-state index contributed by atoms with van der Waals surface area (Å²) in [4.78, 5) is 2.69. The van der Waals surface area contributed by atoms with Crippen LogP contribution in [0.3, 0.4) is 0 Å². The Hall–Kier alpha value is -0.0800. The van der Waals surface area contributed by atoms with Crippen LogP contribution in [0.5, 0.6) is 0 Å². The van der Waals surface area contributed by atoms with Gasteiger partial charge in [-0.2, -0.15) is 0 Å². The molecule has 15 heavy (non-hydrogen) atoms. The Bertz CT molecular complexity index is 187. The summed E-state index contributed by atoms with van der Waals surface area (Å²) in [5, 5.41) is 3.55. The molecule has 1 aliphatic carbocycles. The Morgan fingerprint density at radius 1 is 1.13 bits per heavy atom. The zero-order chi connectivity index (χ0) is 10.7. The van der Waals surface area contributed by atoms with Crippen LogP contribution in [0.15, 0.2) is 0 Å². The molecule has 2 fully saturated rings. The van der Waals surface area contributed by atoms with Gasteiger partial charge in [0.15, 0.2) is 0 Å². The number of hydrogen-bond acceptors (Lipinski definition) is 2. The molecule has 2 rings (SSSR count). The lowest BCUT2D eigenvalue weighted by Gasteiger charge is -2.37. The van der Waals surface area contributed by atoms with Crippen molar-refractivity contribution in [3.05, 3.63) is 0 Å². The second-order valence-electron chi connectivity index (χ2n) is 5.35. The summed E-state index contributed by atoms with van der Waals surface area (Å²) in [6, 6.07) is 1.68. The molecule has 1 heterocycles. The van der Waals surface area contributed by atoms with E-state index in [4.69, 9.17) is 0 Å². The lowest BCUT2D eigenvalue weighted by Crippen LogP contribution is -2.45. The van der Waals surface area contributed by atoms with Crippen LogP contribution in [0.4, 0.5) is 0 Å². The number of nitrogens with one attached hydrogen (secondary N) is 1. The quantitative estimate of drug-likeness (QED) is 0.768. The van der Waals surface area contributed by atoms with Crippen molar-refractivity contribution in [2.75, 3.05) is 20.1 Å². The normalized spacial score (nSPS) is 33.8. The van der Waals surface area contributed by atoms with Gasteiger partial charge < -0.3 is 5.32 Å². The summed E-state index contributed by atoms with van der Waals surface area (Å²) >= 11 is 0. The van der Waals surface area contributed by atoms with Crippen LogP contribution in [-0.4, -0.2) is 37.1 Å². The van der Waals surface area contributed by atoms with E-state index in [0.717, 1.165) is 18.0 Å². The molecule has 1 aliphatic heterocycles. The van der Waals surface area contributed by atoms with Crippen LogP contribution in [0, 0.1) is 5.92 Å². The highest BCUT2D eigenvalue weighted by Crippen LogP contribution is 2.27. The predicted molar refractivity (Wildman–Crippen MR) is 65.1 cm³/mol. The summed E-state index contributed by atoms with van der Waals surface area (Å²) in [6.45, 7) is 4.78. The fraction of sp³-hybridized carbons (Fsp3) is 1.00. The first-order chi connectivity index (χ1) is 7.33. The monoisotopic (exact) mass is 210 g/mol. The molecular weight excluding hydrogens is 184 g/mol. The second-order valence-corrected chi connectivity index (χ2v) is 5.35. The lowest BCUT2D eigenvalue weighted by molar-refractivity contribution is 0.119. The van der Waals surface area contributed by atoms with E-state index in [1.165, 1.54) is 51.6 Å². The molecule has 2 aliphatic rings. The van der Waals surface area contributed by atoms with Gasteiger partial charge in [0.1, 0.15) is 0 Å². The molecule has 2 unspecified atom stereocenters. The number of hydrogen-bond donors (Lipinski definition) is 1. The molecule has 0 bridgehead atoms. The highest BCUT2D eigenvalue weighted by atomic mass is 15.2. The third kappa shape index (κ3) is 2.54. The first-order valence-electron chi connectivity index (χ1n) is 6.75. The Morgan fingerprint density at radius 2 is 1.87 bits per heavy atom. The van der Waals surface area contributed by atoms with Crippen molar-refractivity contribution in [1.82, 2.24) is 10.2 Å². The zero-order valence-corrected chi connectivity index (χ0v) is 10.3. The highest BCUT2D eigenvalue weighted by molar-refractivity contribution is 4.90. The molecule has 1 saturated heterocycles. The van der Waals surface area contributed by atoms with Crippen molar-refractivity contribution in [2.45, 2.75) is 57.5 Å². The minimum atomic E-state index is 0.804. The Labute approximate surface area is 94.4 Å². The van der Waals surface area contributed by atoms with E-state index in [1.54, 1.807) is 0 Å². The molecule has 0 aromatic rings. The van der Waals surface area contributed by atoms with E-state index in [1.807, 2.05) is 0 Å². The first-order valence-corrected chi connectivity index (χ1v) is 6.75. The Kier molecular flexibility index (Phi) is 4.04. The summed E-state index contributed by atoms with van der Waals surface area (Å²) in [5.74, 6) is 0.886. The molecule has 1 N–H and O–H groups in total. The van der Waals surface area contributed by atoms with Crippen LogP contribution in [0.25, 0.3) is 0 Å². The van der Waals surface area contributed by atoms with Gasteiger partial charge in [0.05, 0.1) is 0 Å². The fourth-order valence-corrected chi connectivity index (χ4v) is 3.37. The van der Waals surface area contributed by atoms with Gasteiger partial charge in [-0.3, -0.25) is 4.90 Å². The van der Waals surface area contributed by atoms with Gasteiger partial charge in [-0.15, -0.1) is 0 Å². The Balaban J connectivity index is 1.90. The van der Waals surface area contributed by atoms with Crippen LogP contribution >= 0.6 is 0 Å². The number of rotatable bonds is 3. The largest absolute Gasteiger partial charge is 0.315 e. The maximum atomic E-state index is 3.55. The van der Waals surface area contributed by atoms with Crippen molar-refractivity contribution in [3.8, 4) is 0 Å². The molecule has 0 radical (unpaired) electrons. The van der Waals surface area contributed by atoms with Gasteiger partial charge in [-0.05, 0) is 32.4 Å². The first kappa shape index (κ1) is 11.4. The van der Waals surface area contributed by atoms with Crippen LogP contribution in [0.2, 0.25) is 0 Å². The van der Waals surface area contributed by atoms with Gasteiger partial charge in [0, 0.05) is 18.6 Å². The smallest absolute Gasteiger partial charge is 0.0260 e. The second kappa shape index (κ2) is 5.31. The summed E-state index contributed by atoms with van der Waals surface area (Å²) in [6.07, 6.45) is 8.56.